The van der Waals surface area contributed by atoms with Crippen molar-refractivity contribution in [3.8, 4) is 5.75 Å². The van der Waals surface area contributed by atoms with Gasteiger partial charge in [0.15, 0.2) is 6.61 Å². The van der Waals surface area contributed by atoms with Gasteiger partial charge in [-0.15, -0.1) is 0 Å². The standard InChI is InChI=1S/C15H21NO4/c1-4-12(8-14(18)19)16-13(17)9-20-15-10(2)6-5-7-11(15)3/h5-7,12H,4,8-9H2,1-3H3,(H,16,17)(H,18,19). The molecule has 0 fully saturated rings. The van der Waals surface area contributed by atoms with Crippen molar-refractivity contribution in [3.05, 3.63) is 29.3 Å². The van der Waals surface area contributed by atoms with Gasteiger partial charge in [0.25, 0.3) is 5.91 Å². The molecule has 1 atom stereocenters. The highest BCUT2D eigenvalue weighted by Gasteiger charge is 2.14. The van der Waals surface area contributed by atoms with Crippen LogP contribution < -0.4 is 10.1 Å². The lowest BCUT2D eigenvalue weighted by Gasteiger charge is -2.16. The second kappa shape index (κ2) is 7.53. The van der Waals surface area contributed by atoms with Crippen LogP contribution >= 0.6 is 0 Å². The van der Waals surface area contributed by atoms with Crippen LogP contribution in [0.3, 0.4) is 0 Å². The molecule has 2 N–H and O–H groups in total. The van der Waals surface area contributed by atoms with E-state index in [-0.39, 0.29) is 25.0 Å². The van der Waals surface area contributed by atoms with Crippen LogP contribution in [0, 0.1) is 13.8 Å². The first-order valence-electron chi connectivity index (χ1n) is 6.64. The summed E-state index contributed by atoms with van der Waals surface area (Å²) in [5.74, 6) is -0.525. The maximum Gasteiger partial charge on any atom is 0.305 e. The van der Waals surface area contributed by atoms with Gasteiger partial charge in [-0.2, -0.15) is 0 Å². The van der Waals surface area contributed by atoms with Crippen molar-refractivity contribution in [1.29, 1.82) is 0 Å². The predicted octanol–water partition coefficient (Wildman–Crippen LogP) is 2.05. The number of carbonyl (C=O) groups is 2. The molecule has 1 aromatic carbocycles. The molecule has 0 aliphatic rings. The van der Waals surface area contributed by atoms with Gasteiger partial charge in [0.1, 0.15) is 5.75 Å². The molecule has 1 amide bonds. The SMILES string of the molecule is CCC(CC(=O)O)NC(=O)COc1c(C)cccc1C. The molecule has 110 valence electrons. The number of ether oxygens (including phenoxy) is 1. The monoisotopic (exact) mass is 279 g/mol. The zero-order valence-corrected chi connectivity index (χ0v) is 12.1. The molecule has 0 saturated carbocycles. The van der Waals surface area contributed by atoms with Crippen molar-refractivity contribution in [3.63, 3.8) is 0 Å². The summed E-state index contributed by atoms with van der Waals surface area (Å²) in [6, 6.07) is 5.40. The first-order chi connectivity index (χ1) is 9.43. The van der Waals surface area contributed by atoms with E-state index >= 15 is 0 Å². The molecule has 0 aromatic heterocycles. The number of aryl methyl sites for hydroxylation is 2. The number of hydrogen-bond acceptors (Lipinski definition) is 3. The molecular formula is C15H21NO4. The van der Waals surface area contributed by atoms with Crippen molar-refractivity contribution in [2.45, 2.75) is 39.7 Å². The lowest BCUT2D eigenvalue weighted by molar-refractivity contribution is -0.137. The number of para-hydroxylation sites is 1. The summed E-state index contributed by atoms with van der Waals surface area (Å²) in [4.78, 5) is 22.4. The van der Waals surface area contributed by atoms with Gasteiger partial charge >= 0.3 is 5.97 Å². The maximum atomic E-state index is 11.8. The van der Waals surface area contributed by atoms with Gasteiger partial charge in [0.2, 0.25) is 0 Å². The van der Waals surface area contributed by atoms with Crippen LogP contribution in [0.1, 0.15) is 30.9 Å². The van der Waals surface area contributed by atoms with Gasteiger partial charge in [0.05, 0.1) is 6.42 Å². The van der Waals surface area contributed by atoms with Crippen LogP contribution in [0.5, 0.6) is 5.75 Å². The van der Waals surface area contributed by atoms with Gasteiger partial charge in [-0.25, -0.2) is 0 Å². The Morgan fingerprint density at radius 1 is 1.30 bits per heavy atom. The third-order valence-corrected chi connectivity index (χ3v) is 3.04. The Kier molecular flexibility index (Phi) is 6.03. The van der Waals surface area contributed by atoms with Crippen LogP contribution in [0.25, 0.3) is 0 Å². The van der Waals surface area contributed by atoms with Crippen molar-refractivity contribution >= 4 is 11.9 Å². The van der Waals surface area contributed by atoms with E-state index < -0.39 is 5.97 Å². The van der Waals surface area contributed by atoms with Gasteiger partial charge in [0, 0.05) is 6.04 Å². The van der Waals surface area contributed by atoms with E-state index in [2.05, 4.69) is 5.32 Å². The molecule has 0 spiro atoms. The highest BCUT2D eigenvalue weighted by atomic mass is 16.5. The number of carbonyl (C=O) groups excluding carboxylic acids is 1. The third-order valence-electron chi connectivity index (χ3n) is 3.04. The Bertz CT molecular complexity index is 465. The number of aliphatic carboxylic acids is 1. The Morgan fingerprint density at radius 2 is 1.90 bits per heavy atom. The number of amides is 1. The summed E-state index contributed by atoms with van der Waals surface area (Å²) < 4.78 is 5.52. The molecule has 0 heterocycles. The molecule has 1 rings (SSSR count). The molecule has 0 aliphatic carbocycles. The van der Waals surface area contributed by atoms with E-state index in [0.717, 1.165) is 11.1 Å². The Labute approximate surface area is 118 Å². The van der Waals surface area contributed by atoms with Crippen LogP contribution in [0.4, 0.5) is 0 Å². The quantitative estimate of drug-likeness (QED) is 0.801. The van der Waals surface area contributed by atoms with Crippen molar-refractivity contribution in [2.75, 3.05) is 6.61 Å². The lowest BCUT2D eigenvalue weighted by Crippen LogP contribution is -2.38. The summed E-state index contributed by atoms with van der Waals surface area (Å²) >= 11 is 0. The van der Waals surface area contributed by atoms with Crippen molar-refractivity contribution in [2.24, 2.45) is 0 Å². The average molecular weight is 279 g/mol. The molecule has 20 heavy (non-hydrogen) atoms. The first-order valence-corrected chi connectivity index (χ1v) is 6.64. The molecule has 5 nitrogen and oxygen atoms in total. The Balaban J connectivity index is 2.53. The predicted molar refractivity (Wildman–Crippen MR) is 75.9 cm³/mol. The second-order valence-electron chi connectivity index (χ2n) is 4.78. The topological polar surface area (TPSA) is 75.6 Å². The van der Waals surface area contributed by atoms with E-state index in [1.54, 1.807) is 0 Å². The van der Waals surface area contributed by atoms with Gasteiger partial charge in [-0.3, -0.25) is 9.59 Å². The zero-order valence-electron chi connectivity index (χ0n) is 12.1. The fourth-order valence-electron chi connectivity index (χ4n) is 1.94. The minimum absolute atomic E-state index is 0.0777. The third kappa shape index (κ3) is 4.91. The number of benzene rings is 1. The second-order valence-corrected chi connectivity index (χ2v) is 4.78. The van der Waals surface area contributed by atoms with E-state index in [4.69, 9.17) is 9.84 Å². The molecule has 0 saturated heterocycles. The molecular weight excluding hydrogens is 258 g/mol. The smallest absolute Gasteiger partial charge is 0.305 e. The maximum absolute atomic E-state index is 11.8. The largest absolute Gasteiger partial charge is 0.483 e. The van der Waals surface area contributed by atoms with Crippen LogP contribution in [0.2, 0.25) is 0 Å². The summed E-state index contributed by atoms with van der Waals surface area (Å²) in [6.07, 6.45) is 0.493. The normalized spacial score (nSPS) is 11.8. The summed E-state index contributed by atoms with van der Waals surface area (Å²) in [7, 11) is 0. The Morgan fingerprint density at radius 3 is 2.40 bits per heavy atom. The summed E-state index contributed by atoms with van der Waals surface area (Å²) in [5, 5.41) is 11.4. The number of rotatable bonds is 7. The van der Waals surface area contributed by atoms with E-state index in [1.807, 2.05) is 39.0 Å². The molecule has 1 aromatic rings. The number of nitrogens with one attached hydrogen (secondary N) is 1. The summed E-state index contributed by atoms with van der Waals surface area (Å²) in [6.45, 7) is 5.56. The van der Waals surface area contributed by atoms with E-state index in [0.29, 0.717) is 12.2 Å². The number of hydrogen-bond donors (Lipinski definition) is 2. The molecule has 0 bridgehead atoms. The molecule has 0 aliphatic heterocycles. The van der Waals surface area contributed by atoms with Gasteiger partial charge in [-0.1, -0.05) is 25.1 Å². The molecule has 5 heteroatoms. The minimum atomic E-state index is -0.923. The van der Waals surface area contributed by atoms with Crippen LogP contribution in [-0.2, 0) is 9.59 Å². The lowest BCUT2D eigenvalue weighted by atomic mass is 10.1. The highest BCUT2D eigenvalue weighted by Crippen LogP contribution is 2.21. The van der Waals surface area contributed by atoms with Crippen LogP contribution in [-0.4, -0.2) is 29.6 Å². The number of carboxylic acids is 1. The Hall–Kier alpha value is -2.04. The minimum Gasteiger partial charge on any atom is -0.483 e. The average Bonchev–Trinajstić information content (AvgIpc) is 2.36. The zero-order chi connectivity index (χ0) is 15.1. The molecule has 1 unspecified atom stereocenters. The van der Waals surface area contributed by atoms with Gasteiger partial charge in [-0.05, 0) is 31.4 Å². The van der Waals surface area contributed by atoms with E-state index in [9.17, 15) is 9.59 Å². The fourth-order valence-corrected chi connectivity index (χ4v) is 1.94. The highest BCUT2D eigenvalue weighted by molar-refractivity contribution is 5.78. The van der Waals surface area contributed by atoms with Crippen molar-refractivity contribution < 1.29 is 19.4 Å². The van der Waals surface area contributed by atoms with Crippen LogP contribution in [0.15, 0.2) is 18.2 Å². The van der Waals surface area contributed by atoms with Crippen molar-refractivity contribution in [1.82, 2.24) is 5.32 Å². The number of carboxylic acid groups (broad SMARTS) is 1. The van der Waals surface area contributed by atoms with E-state index in [1.165, 1.54) is 0 Å². The summed E-state index contributed by atoms with van der Waals surface area (Å²) in [5.41, 5.74) is 1.94. The van der Waals surface area contributed by atoms with Gasteiger partial charge < -0.3 is 15.2 Å². The fraction of sp³-hybridized carbons (Fsp3) is 0.467. The first kappa shape index (κ1) is 16.0. The molecule has 0 radical (unpaired) electrons.